The largest absolute Gasteiger partial charge is 0.328 e. The van der Waals surface area contributed by atoms with Gasteiger partial charge in [0.15, 0.2) is 0 Å². The summed E-state index contributed by atoms with van der Waals surface area (Å²) in [5.74, 6) is 0. The summed E-state index contributed by atoms with van der Waals surface area (Å²) in [6.45, 7) is 1.11. The van der Waals surface area contributed by atoms with Crippen LogP contribution in [0.25, 0.3) is 0 Å². The normalized spacial score (nSPS) is 26.7. The Balaban J connectivity index is 1.62. The van der Waals surface area contributed by atoms with Gasteiger partial charge in [0.1, 0.15) is 0 Å². The molecule has 0 unspecified atom stereocenters. The number of nitrogens with two attached hydrogens (primary N) is 1. The van der Waals surface area contributed by atoms with Crippen LogP contribution in [-0.2, 0) is 6.42 Å². The number of nitrogens with one attached hydrogen (secondary N) is 1. The molecule has 0 aliphatic heterocycles. The second kappa shape index (κ2) is 5.64. The van der Waals surface area contributed by atoms with Gasteiger partial charge < -0.3 is 11.1 Å². The number of hydrogen-bond donors (Lipinski definition) is 2. The first kappa shape index (κ1) is 11.1. The Hall–Kier alpha value is -0.380. The molecule has 0 radical (unpaired) electrons. The molecule has 1 heterocycles. The van der Waals surface area contributed by atoms with E-state index in [0.717, 1.165) is 6.54 Å². The van der Waals surface area contributed by atoms with E-state index < -0.39 is 0 Å². The van der Waals surface area contributed by atoms with E-state index in [1.54, 1.807) is 0 Å². The average Bonchev–Trinajstić information content (AvgIpc) is 2.74. The zero-order chi connectivity index (χ0) is 10.5. The molecular formula is C12H20N2S. The lowest BCUT2D eigenvalue weighted by atomic mass is 9.92. The van der Waals surface area contributed by atoms with Gasteiger partial charge in [-0.1, -0.05) is 6.07 Å². The van der Waals surface area contributed by atoms with Gasteiger partial charge >= 0.3 is 0 Å². The molecule has 1 aliphatic carbocycles. The molecule has 0 bridgehead atoms. The van der Waals surface area contributed by atoms with Crippen molar-refractivity contribution in [2.24, 2.45) is 5.73 Å². The van der Waals surface area contributed by atoms with Crippen molar-refractivity contribution in [1.82, 2.24) is 5.32 Å². The molecule has 84 valence electrons. The van der Waals surface area contributed by atoms with Crippen molar-refractivity contribution in [3.63, 3.8) is 0 Å². The van der Waals surface area contributed by atoms with Crippen molar-refractivity contribution in [2.45, 2.75) is 44.2 Å². The summed E-state index contributed by atoms with van der Waals surface area (Å²) in [7, 11) is 0. The van der Waals surface area contributed by atoms with Crippen molar-refractivity contribution in [3.05, 3.63) is 22.4 Å². The number of hydrogen-bond acceptors (Lipinski definition) is 3. The highest BCUT2D eigenvalue weighted by atomic mass is 32.1. The van der Waals surface area contributed by atoms with Gasteiger partial charge in [0.25, 0.3) is 0 Å². The van der Waals surface area contributed by atoms with Crippen LogP contribution >= 0.6 is 11.3 Å². The van der Waals surface area contributed by atoms with Gasteiger partial charge in [0.2, 0.25) is 0 Å². The van der Waals surface area contributed by atoms with E-state index >= 15 is 0 Å². The quantitative estimate of drug-likeness (QED) is 0.822. The summed E-state index contributed by atoms with van der Waals surface area (Å²) in [5, 5.41) is 5.78. The Labute approximate surface area is 95.9 Å². The molecule has 15 heavy (non-hydrogen) atoms. The van der Waals surface area contributed by atoms with E-state index in [4.69, 9.17) is 5.73 Å². The van der Waals surface area contributed by atoms with Crippen molar-refractivity contribution in [1.29, 1.82) is 0 Å². The fraction of sp³-hybridized carbons (Fsp3) is 0.667. The van der Waals surface area contributed by atoms with Crippen molar-refractivity contribution in [3.8, 4) is 0 Å². The zero-order valence-corrected chi connectivity index (χ0v) is 9.93. The fourth-order valence-corrected chi connectivity index (χ4v) is 2.89. The van der Waals surface area contributed by atoms with Gasteiger partial charge in [0.05, 0.1) is 0 Å². The molecule has 1 aromatic heterocycles. The lowest BCUT2D eigenvalue weighted by molar-refractivity contribution is 0.345. The van der Waals surface area contributed by atoms with E-state index in [9.17, 15) is 0 Å². The average molecular weight is 224 g/mol. The van der Waals surface area contributed by atoms with Crippen molar-refractivity contribution >= 4 is 11.3 Å². The van der Waals surface area contributed by atoms with Crippen molar-refractivity contribution < 1.29 is 0 Å². The molecule has 2 nitrogen and oxygen atoms in total. The molecule has 2 rings (SSSR count). The van der Waals surface area contributed by atoms with E-state index in [2.05, 4.69) is 22.8 Å². The minimum absolute atomic E-state index is 0.459. The minimum atomic E-state index is 0.459. The summed E-state index contributed by atoms with van der Waals surface area (Å²) in [4.78, 5) is 1.48. The molecule has 0 spiro atoms. The van der Waals surface area contributed by atoms with Gasteiger partial charge in [0, 0.05) is 23.5 Å². The van der Waals surface area contributed by atoms with Gasteiger partial charge in [-0.3, -0.25) is 0 Å². The van der Waals surface area contributed by atoms with Crippen LogP contribution in [0.3, 0.4) is 0 Å². The Morgan fingerprint density at radius 3 is 2.80 bits per heavy atom. The van der Waals surface area contributed by atoms with Crippen LogP contribution in [0.5, 0.6) is 0 Å². The Kier molecular flexibility index (Phi) is 4.18. The Bertz CT molecular complexity index is 263. The van der Waals surface area contributed by atoms with E-state index in [1.807, 2.05) is 11.3 Å². The number of thiophene rings is 1. The van der Waals surface area contributed by atoms with Crippen LogP contribution in [-0.4, -0.2) is 18.6 Å². The van der Waals surface area contributed by atoms with E-state index in [0.29, 0.717) is 12.1 Å². The Morgan fingerprint density at radius 1 is 1.33 bits per heavy atom. The summed E-state index contributed by atoms with van der Waals surface area (Å²) in [6, 6.07) is 5.51. The maximum absolute atomic E-state index is 5.88. The standard InChI is InChI=1S/C12H20N2S/c13-10-3-5-11(6-4-10)14-8-7-12-2-1-9-15-12/h1-2,9-11,14H,3-8,13H2. The summed E-state index contributed by atoms with van der Waals surface area (Å²) in [6.07, 6.45) is 6.06. The van der Waals surface area contributed by atoms with E-state index in [-0.39, 0.29) is 0 Å². The SMILES string of the molecule is NC1CCC(NCCc2cccs2)CC1. The molecule has 1 aliphatic rings. The third-order valence-electron chi connectivity index (χ3n) is 3.16. The fourth-order valence-electron chi connectivity index (χ4n) is 2.18. The highest BCUT2D eigenvalue weighted by molar-refractivity contribution is 7.09. The highest BCUT2D eigenvalue weighted by Crippen LogP contribution is 2.17. The monoisotopic (exact) mass is 224 g/mol. The Morgan fingerprint density at radius 2 is 2.13 bits per heavy atom. The molecule has 1 aromatic rings. The predicted octanol–water partition coefficient (Wildman–Crippen LogP) is 2.15. The maximum Gasteiger partial charge on any atom is 0.00683 e. The second-order valence-corrected chi connectivity index (χ2v) is 5.43. The molecule has 3 heteroatoms. The third-order valence-corrected chi connectivity index (χ3v) is 4.09. The first-order valence-corrected chi connectivity index (χ1v) is 6.74. The summed E-state index contributed by atoms with van der Waals surface area (Å²) >= 11 is 1.85. The summed E-state index contributed by atoms with van der Waals surface area (Å²) in [5.41, 5.74) is 5.88. The predicted molar refractivity (Wildman–Crippen MR) is 66.3 cm³/mol. The smallest absolute Gasteiger partial charge is 0.00683 e. The van der Waals surface area contributed by atoms with Crippen LogP contribution in [0.4, 0.5) is 0 Å². The topological polar surface area (TPSA) is 38.0 Å². The first-order valence-electron chi connectivity index (χ1n) is 5.86. The molecule has 1 saturated carbocycles. The lowest BCUT2D eigenvalue weighted by Gasteiger charge is -2.26. The molecule has 0 aromatic carbocycles. The van der Waals surface area contributed by atoms with Crippen LogP contribution in [0.15, 0.2) is 17.5 Å². The maximum atomic E-state index is 5.88. The van der Waals surface area contributed by atoms with E-state index in [1.165, 1.54) is 37.0 Å². The van der Waals surface area contributed by atoms with Crippen LogP contribution in [0.2, 0.25) is 0 Å². The molecule has 0 amide bonds. The van der Waals surface area contributed by atoms with Gasteiger partial charge in [-0.15, -0.1) is 11.3 Å². The first-order chi connectivity index (χ1) is 7.34. The van der Waals surface area contributed by atoms with Gasteiger partial charge in [-0.2, -0.15) is 0 Å². The second-order valence-electron chi connectivity index (χ2n) is 4.40. The highest BCUT2D eigenvalue weighted by Gasteiger charge is 2.17. The third kappa shape index (κ3) is 3.59. The summed E-state index contributed by atoms with van der Waals surface area (Å²) < 4.78 is 0. The molecule has 0 saturated heterocycles. The van der Waals surface area contributed by atoms with Crippen molar-refractivity contribution in [2.75, 3.05) is 6.54 Å². The van der Waals surface area contributed by atoms with Gasteiger partial charge in [-0.25, -0.2) is 0 Å². The number of rotatable bonds is 4. The van der Waals surface area contributed by atoms with Gasteiger partial charge in [-0.05, 0) is 43.6 Å². The lowest BCUT2D eigenvalue weighted by Crippen LogP contribution is -2.38. The molecule has 3 N–H and O–H groups in total. The molecular weight excluding hydrogens is 204 g/mol. The molecule has 0 atom stereocenters. The van der Waals surface area contributed by atoms with Crippen LogP contribution < -0.4 is 11.1 Å². The van der Waals surface area contributed by atoms with Crippen LogP contribution in [0, 0.1) is 0 Å². The zero-order valence-electron chi connectivity index (χ0n) is 9.11. The van der Waals surface area contributed by atoms with Crippen LogP contribution in [0.1, 0.15) is 30.6 Å². The molecule has 1 fully saturated rings. The minimum Gasteiger partial charge on any atom is -0.328 e.